The first-order valence-electron chi connectivity index (χ1n) is 13.4. The van der Waals surface area contributed by atoms with Crippen LogP contribution in [-0.4, -0.2) is 28.1 Å². The molecule has 0 spiro atoms. The Bertz CT molecular complexity index is 1410. The topological polar surface area (TPSA) is 82.5 Å². The van der Waals surface area contributed by atoms with Gasteiger partial charge in [-0.25, -0.2) is 14.6 Å². The number of benzene rings is 3. The van der Waals surface area contributed by atoms with Crippen molar-refractivity contribution in [2.45, 2.75) is 53.2 Å². The van der Waals surface area contributed by atoms with Crippen molar-refractivity contribution in [3.05, 3.63) is 113 Å². The molecule has 39 heavy (non-hydrogen) atoms. The SMILES string of the molecule is CCCCc1ncc(CNc2ccccc2C(=O)OCC)n1-c1ccc(C(=O)OCc2ccccc2)cc1C. The average Bonchev–Trinajstić information content (AvgIpc) is 3.36. The summed E-state index contributed by atoms with van der Waals surface area (Å²) in [4.78, 5) is 29.9. The summed E-state index contributed by atoms with van der Waals surface area (Å²) in [7, 11) is 0. The van der Waals surface area contributed by atoms with E-state index in [0.29, 0.717) is 30.0 Å². The number of aryl methyl sites for hydroxylation is 2. The van der Waals surface area contributed by atoms with E-state index < -0.39 is 0 Å². The number of para-hydroxylation sites is 1. The summed E-state index contributed by atoms with van der Waals surface area (Å²) in [6, 6.07) is 22.6. The monoisotopic (exact) mass is 525 g/mol. The summed E-state index contributed by atoms with van der Waals surface area (Å²) in [5.41, 5.74) is 5.48. The van der Waals surface area contributed by atoms with E-state index >= 15 is 0 Å². The third-order valence-electron chi connectivity index (χ3n) is 6.43. The second kappa shape index (κ2) is 13.4. The summed E-state index contributed by atoms with van der Waals surface area (Å²) >= 11 is 0. The van der Waals surface area contributed by atoms with E-state index in [1.165, 1.54) is 0 Å². The Hall–Kier alpha value is -4.39. The molecular formula is C32H35N3O4. The first-order valence-corrected chi connectivity index (χ1v) is 13.4. The zero-order valence-electron chi connectivity index (χ0n) is 22.8. The van der Waals surface area contributed by atoms with Gasteiger partial charge in [-0.15, -0.1) is 0 Å². The fourth-order valence-electron chi connectivity index (χ4n) is 4.41. The second-order valence-electron chi connectivity index (χ2n) is 9.29. The zero-order valence-corrected chi connectivity index (χ0v) is 22.8. The summed E-state index contributed by atoms with van der Waals surface area (Å²) in [5, 5.41) is 3.39. The van der Waals surface area contributed by atoms with Crippen LogP contribution in [0, 0.1) is 6.92 Å². The number of nitrogens with one attached hydrogen (secondary N) is 1. The molecule has 0 aliphatic rings. The van der Waals surface area contributed by atoms with Crippen LogP contribution in [0.2, 0.25) is 0 Å². The third kappa shape index (κ3) is 6.93. The molecule has 0 aliphatic carbocycles. The zero-order chi connectivity index (χ0) is 27.6. The molecule has 1 N–H and O–H groups in total. The third-order valence-corrected chi connectivity index (χ3v) is 6.43. The van der Waals surface area contributed by atoms with Crippen LogP contribution in [0.4, 0.5) is 5.69 Å². The van der Waals surface area contributed by atoms with Gasteiger partial charge in [-0.05, 0) is 61.7 Å². The van der Waals surface area contributed by atoms with Gasteiger partial charge < -0.3 is 14.8 Å². The highest BCUT2D eigenvalue weighted by atomic mass is 16.5. The van der Waals surface area contributed by atoms with Crippen molar-refractivity contribution >= 4 is 17.6 Å². The first-order chi connectivity index (χ1) is 19.0. The number of unbranched alkanes of at least 4 members (excludes halogenated alkanes) is 1. The molecule has 7 nitrogen and oxygen atoms in total. The molecule has 0 fully saturated rings. The lowest BCUT2D eigenvalue weighted by molar-refractivity contribution is 0.0471. The molecule has 202 valence electrons. The number of carbonyl (C=O) groups is 2. The van der Waals surface area contributed by atoms with Gasteiger partial charge >= 0.3 is 11.9 Å². The minimum Gasteiger partial charge on any atom is -0.462 e. The van der Waals surface area contributed by atoms with Crippen molar-refractivity contribution in [3.63, 3.8) is 0 Å². The van der Waals surface area contributed by atoms with Gasteiger partial charge in [-0.1, -0.05) is 55.8 Å². The van der Waals surface area contributed by atoms with Crippen LogP contribution in [0.3, 0.4) is 0 Å². The van der Waals surface area contributed by atoms with Crippen molar-refractivity contribution in [2.24, 2.45) is 0 Å². The second-order valence-corrected chi connectivity index (χ2v) is 9.29. The van der Waals surface area contributed by atoms with Crippen molar-refractivity contribution < 1.29 is 19.1 Å². The molecule has 0 radical (unpaired) electrons. The molecule has 0 atom stereocenters. The minimum absolute atomic E-state index is 0.228. The molecule has 0 amide bonds. The van der Waals surface area contributed by atoms with Gasteiger partial charge in [0, 0.05) is 12.1 Å². The molecule has 0 unspecified atom stereocenters. The Morgan fingerprint density at radius 3 is 2.44 bits per heavy atom. The highest BCUT2D eigenvalue weighted by Gasteiger charge is 2.17. The molecule has 1 aromatic heterocycles. The molecule has 1 heterocycles. The summed E-state index contributed by atoms with van der Waals surface area (Å²) < 4.78 is 12.9. The van der Waals surface area contributed by atoms with Crippen molar-refractivity contribution in [1.29, 1.82) is 0 Å². The normalized spacial score (nSPS) is 10.7. The summed E-state index contributed by atoms with van der Waals surface area (Å²) in [6.07, 6.45) is 4.76. The number of ether oxygens (including phenoxy) is 2. The van der Waals surface area contributed by atoms with Crippen LogP contribution >= 0.6 is 0 Å². The molecule has 0 aliphatic heterocycles. The van der Waals surface area contributed by atoms with Crippen LogP contribution in [0.5, 0.6) is 0 Å². The number of hydrogen-bond donors (Lipinski definition) is 1. The lowest BCUT2D eigenvalue weighted by Gasteiger charge is -2.17. The fourth-order valence-corrected chi connectivity index (χ4v) is 4.41. The molecule has 3 aromatic carbocycles. The molecule has 4 aromatic rings. The Morgan fingerprint density at radius 1 is 0.923 bits per heavy atom. The van der Waals surface area contributed by atoms with Gasteiger partial charge in [0.15, 0.2) is 0 Å². The number of carbonyl (C=O) groups excluding carboxylic acids is 2. The number of aromatic nitrogens is 2. The van der Waals surface area contributed by atoms with E-state index in [1.807, 2.05) is 73.8 Å². The fraction of sp³-hybridized carbons (Fsp3) is 0.281. The molecule has 0 saturated carbocycles. The molecule has 7 heteroatoms. The smallest absolute Gasteiger partial charge is 0.340 e. The van der Waals surface area contributed by atoms with Gasteiger partial charge in [-0.3, -0.25) is 4.57 Å². The van der Waals surface area contributed by atoms with Crippen LogP contribution in [0.1, 0.15) is 70.1 Å². The Labute approximate surface area is 229 Å². The first kappa shape index (κ1) is 27.6. The van der Waals surface area contributed by atoms with E-state index in [1.54, 1.807) is 19.1 Å². The number of imidazole rings is 1. The van der Waals surface area contributed by atoms with Crippen LogP contribution in [-0.2, 0) is 29.0 Å². The number of esters is 2. The van der Waals surface area contributed by atoms with Gasteiger partial charge in [0.25, 0.3) is 0 Å². The van der Waals surface area contributed by atoms with Crippen molar-refractivity contribution in [3.8, 4) is 5.69 Å². The van der Waals surface area contributed by atoms with Crippen LogP contribution < -0.4 is 5.32 Å². The maximum Gasteiger partial charge on any atom is 0.340 e. The van der Waals surface area contributed by atoms with Gasteiger partial charge in [0.05, 0.1) is 41.9 Å². The standard InChI is InChI=1S/C32H35N3O4/c1-4-6-16-30-34-21-26(20-33-28-15-11-10-14-27(28)32(37)38-5-2)35(30)29-18-17-25(19-23(29)3)31(36)39-22-24-12-8-7-9-13-24/h7-15,17-19,21,33H,4-6,16,20,22H2,1-3H3. The van der Waals surface area contributed by atoms with Gasteiger partial charge in [0.2, 0.25) is 0 Å². The quantitative estimate of drug-likeness (QED) is 0.208. The molecular weight excluding hydrogens is 490 g/mol. The number of nitrogens with zero attached hydrogens (tertiary/aromatic N) is 2. The Balaban J connectivity index is 1.57. The van der Waals surface area contributed by atoms with Crippen molar-refractivity contribution in [2.75, 3.05) is 11.9 Å². The van der Waals surface area contributed by atoms with Gasteiger partial charge in [0.1, 0.15) is 12.4 Å². The molecule has 4 rings (SSSR count). The number of rotatable bonds is 12. The molecule has 0 saturated heterocycles. The number of anilines is 1. The summed E-state index contributed by atoms with van der Waals surface area (Å²) in [6.45, 7) is 6.93. The van der Waals surface area contributed by atoms with E-state index in [9.17, 15) is 9.59 Å². The molecule has 0 bridgehead atoms. The lowest BCUT2D eigenvalue weighted by Crippen LogP contribution is -2.13. The number of hydrogen-bond acceptors (Lipinski definition) is 6. The lowest BCUT2D eigenvalue weighted by atomic mass is 10.1. The average molecular weight is 526 g/mol. The maximum absolute atomic E-state index is 12.7. The van der Waals surface area contributed by atoms with E-state index in [4.69, 9.17) is 14.5 Å². The largest absolute Gasteiger partial charge is 0.462 e. The van der Waals surface area contributed by atoms with Crippen molar-refractivity contribution in [1.82, 2.24) is 9.55 Å². The Morgan fingerprint density at radius 2 is 1.69 bits per heavy atom. The van der Waals surface area contributed by atoms with E-state index in [0.717, 1.165) is 47.6 Å². The maximum atomic E-state index is 12.7. The van der Waals surface area contributed by atoms with Crippen LogP contribution in [0.25, 0.3) is 5.69 Å². The highest BCUT2D eigenvalue weighted by Crippen LogP contribution is 2.24. The summed E-state index contributed by atoms with van der Waals surface area (Å²) in [5.74, 6) is 0.237. The van der Waals surface area contributed by atoms with E-state index in [-0.39, 0.29) is 18.5 Å². The highest BCUT2D eigenvalue weighted by molar-refractivity contribution is 5.95. The predicted molar refractivity (Wildman–Crippen MR) is 152 cm³/mol. The minimum atomic E-state index is -0.359. The Kier molecular flexibility index (Phi) is 9.51. The van der Waals surface area contributed by atoms with Crippen LogP contribution in [0.15, 0.2) is 79.0 Å². The van der Waals surface area contributed by atoms with E-state index in [2.05, 4.69) is 16.8 Å². The van der Waals surface area contributed by atoms with Gasteiger partial charge in [-0.2, -0.15) is 0 Å². The predicted octanol–water partition coefficient (Wildman–Crippen LogP) is 6.67.